The number of aromatic nitrogens is 5. The van der Waals surface area contributed by atoms with E-state index in [0.29, 0.717) is 13.0 Å². The molecule has 150 valence electrons. The summed E-state index contributed by atoms with van der Waals surface area (Å²) in [4.78, 5) is 19.3. The average Bonchev–Trinajstić information content (AvgIpc) is 3.45. The molecule has 0 spiro atoms. The number of carbonyl (C=O) groups is 1. The highest BCUT2D eigenvalue weighted by Crippen LogP contribution is 2.31. The van der Waals surface area contributed by atoms with E-state index in [0.717, 1.165) is 42.8 Å². The number of nitrogens with zero attached hydrogens (tertiary/aromatic N) is 6. The van der Waals surface area contributed by atoms with Gasteiger partial charge in [0.05, 0.1) is 25.4 Å². The molecule has 1 aliphatic heterocycles. The van der Waals surface area contributed by atoms with E-state index >= 15 is 0 Å². The third-order valence-electron chi connectivity index (χ3n) is 5.28. The number of methoxy groups -OCH3 is 1. The zero-order valence-corrected chi connectivity index (χ0v) is 16.4. The van der Waals surface area contributed by atoms with E-state index in [-0.39, 0.29) is 11.9 Å². The van der Waals surface area contributed by atoms with Crippen LogP contribution in [0, 0.1) is 0 Å². The van der Waals surface area contributed by atoms with Gasteiger partial charge >= 0.3 is 0 Å². The van der Waals surface area contributed by atoms with Crippen molar-refractivity contribution in [3.8, 4) is 5.75 Å². The molecule has 0 unspecified atom stereocenters. The summed E-state index contributed by atoms with van der Waals surface area (Å²) >= 11 is 0. The summed E-state index contributed by atoms with van der Waals surface area (Å²) in [5.74, 6) is 0.973. The molecule has 3 heterocycles. The maximum absolute atomic E-state index is 12.7. The van der Waals surface area contributed by atoms with Crippen LogP contribution in [-0.4, -0.2) is 49.7 Å². The van der Waals surface area contributed by atoms with Gasteiger partial charge in [0, 0.05) is 19.2 Å². The van der Waals surface area contributed by atoms with Gasteiger partial charge in [-0.3, -0.25) is 9.78 Å². The molecule has 29 heavy (non-hydrogen) atoms. The number of tetrazole rings is 1. The Labute approximate surface area is 169 Å². The molecule has 0 bridgehead atoms. The van der Waals surface area contributed by atoms with Crippen molar-refractivity contribution in [1.82, 2.24) is 30.1 Å². The van der Waals surface area contributed by atoms with E-state index in [9.17, 15) is 4.79 Å². The second-order valence-corrected chi connectivity index (χ2v) is 7.18. The van der Waals surface area contributed by atoms with Crippen molar-refractivity contribution in [2.75, 3.05) is 13.7 Å². The largest absolute Gasteiger partial charge is 0.497 e. The molecule has 0 saturated carbocycles. The van der Waals surface area contributed by atoms with Crippen molar-refractivity contribution in [3.05, 3.63) is 65.7 Å². The Morgan fingerprint density at radius 1 is 1.17 bits per heavy atom. The van der Waals surface area contributed by atoms with E-state index in [1.165, 1.54) is 11.9 Å². The minimum atomic E-state index is 0.0476. The summed E-state index contributed by atoms with van der Waals surface area (Å²) in [5, 5.41) is 11.0. The molecule has 1 aliphatic rings. The highest BCUT2D eigenvalue weighted by molar-refractivity contribution is 5.76. The molecule has 2 aromatic heterocycles. The Morgan fingerprint density at radius 3 is 2.69 bits per heavy atom. The van der Waals surface area contributed by atoms with Crippen LogP contribution in [0.15, 0.2) is 48.9 Å². The van der Waals surface area contributed by atoms with Gasteiger partial charge in [0.25, 0.3) is 0 Å². The first-order chi connectivity index (χ1) is 14.2. The minimum absolute atomic E-state index is 0.0476. The lowest BCUT2D eigenvalue weighted by Crippen LogP contribution is -2.31. The van der Waals surface area contributed by atoms with Gasteiger partial charge in [-0.25, -0.2) is 4.68 Å². The van der Waals surface area contributed by atoms with Crippen molar-refractivity contribution < 1.29 is 9.53 Å². The fraction of sp³-hybridized carbons (Fsp3) is 0.381. The Hall–Kier alpha value is -3.29. The van der Waals surface area contributed by atoms with Crippen molar-refractivity contribution in [1.29, 1.82) is 0 Å². The maximum Gasteiger partial charge on any atom is 0.225 e. The van der Waals surface area contributed by atoms with Crippen LogP contribution in [0.5, 0.6) is 5.75 Å². The van der Waals surface area contributed by atoms with Crippen LogP contribution in [0.1, 0.15) is 42.1 Å². The van der Waals surface area contributed by atoms with Gasteiger partial charge in [0.2, 0.25) is 5.91 Å². The first-order valence-corrected chi connectivity index (χ1v) is 9.81. The number of pyridine rings is 1. The Bertz CT molecular complexity index is 925. The van der Waals surface area contributed by atoms with Gasteiger partial charge in [-0.15, -0.1) is 5.10 Å². The number of likely N-dealkylation sites (tertiary alicyclic amines) is 1. The predicted octanol–water partition coefficient (Wildman–Crippen LogP) is 2.42. The summed E-state index contributed by atoms with van der Waals surface area (Å²) in [5.41, 5.74) is 3.31. The summed E-state index contributed by atoms with van der Waals surface area (Å²) in [7, 11) is 1.67. The smallest absolute Gasteiger partial charge is 0.225 e. The van der Waals surface area contributed by atoms with E-state index in [4.69, 9.17) is 4.74 Å². The van der Waals surface area contributed by atoms with Gasteiger partial charge in [-0.1, -0.05) is 18.2 Å². The summed E-state index contributed by atoms with van der Waals surface area (Å²) in [6.45, 7) is 1.26. The van der Waals surface area contributed by atoms with Crippen LogP contribution in [0.2, 0.25) is 0 Å². The highest BCUT2D eigenvalue weighted by Gasteiger charge is 2.30. The third kappa shape index (κ3) is 4.59. The van der Waals surface area contributed by atoms with E-state index in [1.54, 1.807) is 11.8 Å². The highest BCUT2D eigenvalue weighted by atomic mass is 16.5. The van der Waals surface area contributed by atoms with Crippen LogP contribution in [0.25, 0.3) is 0 Å². The molecule has 8 nitrogen and oxygen atoms in total. The van der Waals surface area contributed by atoms with E-state index < -0.39 is 0 Å². The molecule has 1 aromatic carbocycles. The number of benzene rings is 1. The molecule has 4 rings (SSSR count). The number of carbonyl (C=O) groups excluding carboxylic acids is 1. The molecular formula is C21H24N6O2. The van der Waals surface area contributed by atoms with Gasteiger partial charge in [-0.2, -0.15) is 0 Å². The Balaban J connectivity index is 1.38. The number of rotatable bonds is 7. The van der Waals surface area contributed by atoms with Crippen LogP contribution in [0.3, 0.4) is 0 Å². The Morgan fingerprint density at radius 2 is 2.00 bits per heavy atom. The molecular weight excluding hydrogens is 368 g/mol. The van der Waals surface area contributed by atoms with Gasteiger partial charge in [-0.05, 0) is 59.0 Å². The summed E-state index contributed by atoms with van der Waals surface area (Å²) < 4.78 is 6.78. The lowest BCUT2D eigenvalue weighted by molar-refractivity contribution is -0.132. The van der Waals surface area contributed by atoms with E-state index in [1.807, 2.05) is 23.2 Å². The summed E-state index contributed by atoms with van der Waals surface area (Å²) in [6, 6.07) is 12.3. The average molecular weight is 392 g/mol. The first kappa shape index (κ1) is 19.0. The zero-order chi connectivity index (χ0) is 20.1. The van der Waals surface area contributed by atoms with Crippen molar-refractivity contribution in [3.63, 3.8) is 0 Å². The molecule has 0 radical (unpaired) electrons. The topological polar surface area (TPSA) is 86.0 Å². The molecule has 0 N–H and O–H groups in total. The third-order valence-corrected chi connectivity index (χ3v) is 5.28. The maximum atomic E-state index is 12.7. The van der Waals surface area contributed by atoms with Gasteiger partial charge in [0.15, 0.2) is 0 Å². The molecule has 1 amide bonds. The molecule has 1 saturated heterocycles. The molecule has 0 aliphatic carbocycles. The number of aryl methyl sites for hydroxylation is 1. The van der Waals surface area contributed by atoms with Crippen LogP contribution in [0.4, 0.5) is 0 Å². The fourth-order valence-electron chi connectivity index (χ4n) is 3.73. The normalized spacial score (nSPS) is 16.2. The van der Waals surface area contributed by atoms with E-state index in [2.05, 4.69) is 44.8 Å². The molecule has 1 atom stereocenters. The first-order valence-electron chi connectivity index (χ1n) is 9.81. The zero-order valence-electron chi connectivity index (χ0n) is 16.4. The lowest BCUT2D eigenvalue weighted by Gasteiger charge is -2.24. The quantitative estimate of drug-likeness (QED) is 0.614. The standard InChI is InChI=1S/C21H24N6O2/c1-29-18-7-4-16(5-8-18)13-17-6-9-19(22-14-17)20-3-2-11-27(20)21(28)10-12-26-15-23-24-25-26/h4-9,14-15,20H,2-3,10-13H2,1H3/t20-/m0/s1. The monoisotopic (exact) mass is 392 g/mol. The molecule has 1 fully saturated rings. The second-order valence-electron chi connectivity index (χ2n) is 7.18. The second kappa shape index (κ2) is 8.81. The van der Waals surface area contributed by atoms with Crippen LogP contribution >= 0.6 is 0 Å². The lowest BCUT2D eigenvalue weighted by atomic mass is 10.0. The summed E-state index contributed by atoms with van der Waals surface area (Å²) in [6.07, 6.45) is 6.59. The van der Waals surface area contributed by atoms with Crippen LogP contribution in [-0.2, 0) is 17.8 Å². The predicted molar refractivity (Wildman–Crippen MR) is 106 cm³/mol. The number of hydrogen-bond acceptors (Lipinski definition) is 6. The van der Waals surface area contributed by atoms with Crippen LogP contribution < -0.4 is 4.74 Å². The van der Waals surface area contributed by atoms with Gasteiger partial charge < -0.3 is 9.64 Å². The minimum Gasteiger partial charge on any atom is -0.497 e. The van der Waals surface area contributed by atoms with Gasteiger partial charge in [0.1, 0.15) is 12.1 Å². The van der Waals surface area contributed by atoms with Crippen molar-refractivity contribution in [2.24, 2.45) is 0 Å². The number of ether oxygens (including phenoxy) is 1. The van der Waals surface area contributed by atoms with Crippen molar-refractivity contribution in [2.45, 2.75) is 38.3 Å². The Kier molecular flexibility index (Phi) is 5.79. The number of hydrogen-bond donors (Lipinski definition) is 0. The fourth-order valence-corrected chi connectivity index (χ4v) is 3.73. The SMILES string of the molecule is COc1ccc(Cc2ccc([C@@H]3CCCN3C(=O)CCn3cnnn3)nc2)cc1. The van der Waals surface area contributed by atoms with Crippen molar-refractivity contribution >= 4 is 5.91 Å². The molecule has 3 aromatic rings. The molecule has 8 heteroatoms. The number of amides is 1.